The minimum atomic E-state index is -0.0414. The molecule has 13 heavy (non-hydrogen) atoms. The number of hydrogen-bond acceptors (Lipinski definition) is 3. The fourth-order valence-electron chi connectivity index (χ4n) is 0.779. The van der Waals surface area contributed by atoms with Gasteiger partial charge in [-0.05, 0) is 13.8 Å². The molecule has 0 aliphatic carbocycles. The maximum absolute atomic E-state index is 5.73. The van der Waals surface area contributed by atoms with E-state index in [4.69, 9.17) is 22.1 Å². The summed E-state index contributed by atoms with van der Waals surface area (Å²) >= 11 is 5.73. The molecule has 0 amide bonds. The van der Waals surface area contributed by atoms with E-state index in [0.717, 1.165) is 0 Å². The van der Waals surface area contributed by atoms with Crippen LogP contribution in [0.4, 0.5) is 0 Å². The van der Waals surface area contributed by atoms with E-state index < -0.39 is 0 Å². The lowest BCUT2D eigenvalue weighted by atomic mass is 10.2. The van der Waals surface area contributed by atoms with E-state index >= 15 is 0 Å². The zero-order valence-corrected chi connectivity index (χ0v) is 8.45. The van der Waals surface area contributed by atoms with Gasteiger partial charge in [-0.2, -0.15) is 0 Å². The van der Waals surface area contributed by atoms with Crippen LogP contribution in [0.3, 0.4) is 0 Å². The van der Waals surface area contributed by atoms with Gasteiger partial charge in [-0.15, -0.1) is 0 Å². The molecule has 0 aliphatic rings. The van der Waals surface area contributed by atoms with Gasteiger partial charge in [0.05, 0.1) is 11.2 Å². The maximum Gasteiger partial charge on any atom is 0.139 e. The van der Waals surface area contributed by atoms with Crippen LogP contribution in [-0.4, -0.2) is 17.1 Å². The smallest absolute Gasteiger partial charge is 0.139 e. The van der Waals surface area contributed by atoms with E-state index in [1.165, 1.54) is 0 Å². The van der Waals surface area contributed by atoms with Crippen LogP contribution in [0.5, 0.6) is 5.75 Å². The molecule has 0 aromatic carbocycles. The Labute approximate surface area is 82.9 Å². The van der Waals surface area contributed by atoms with E-state index in [-0.39, 0.29) is 12.1 Å². The molecular formula is C9H13ClN2O. The summed E-state index contributed by atoms with van der Waals surface area (Å²) < 4.78 is 5.48. The molecule has 72 valence electrons. The van der Waals surface area contributed by atoms with Crippen LogP contribution in [0.25, 0.3) is 0 Å². The summed E-state index contributed by atoms with van der Waals surface area (Å²) in [4.78, 5) is 3.90. The Morgan fingerprint density at radius 2 is 2.15 bits per heavy atom. The number of aromatic nitrogens is 1. The quantitative estimate of drug-likeness (QED) is 0.810. The zero-order chi connectivity index (χ0) is 9.84. The van der Waals surface area contributed by atoms with Crippen molar-refractivity contribution in [2.45, 2.75) is 26.0 Å². The first-order valence-electron chi connectivity index (χ1n) is 4.12. The summed E-state index contributed by atoms with van der Waals surface area (Å²) in [5.74, 6) is 0.650. The number of halogens is 1. The molecule has 0 saturated carbocycles. The van der Waals surface area contributed by atoms with Crippen molar-refractivity contribution in [1.82, 2.24) is 4.98 Å². The Morgan fingerprint density at radius 3 is 2.69 bits per heavy atom. The summed E-state index contributed by atoms with van der Waals surface area (Å²) in [7, 11) is 0. The minimum Gasteiger partial charge on any atom is -0.487 e. The Balaban J connectivity index is 2.64. The molecule has 2 N–H and O–H groups in total. The van der Waals surface area contributed by atoms with E-state index in [2.05, 4.69) is 4.98 Å². The average Bonchev–Trinajstić information content (AvgIpc) is 2.04. The van der Waals surface area contributed by atoms with Gasteiger partial charge in [-0.3, -0.25) is 4.98 Å². The standard InChI is InChI=1S/C9H13ClN2O/c1-6(11)7(2)13-9-3-8(10)4-12-5-9/h3-7H,11H2,1-2H3/t6-,7?/m1/s1. The number of ether oxygens (including phenoxy) is 1. The molecule has 0 radical (unpaired) electrons. The molecule has 1 unspecified atom stereocenters. The average molecular weight is 201 g/mol. The Hall–Kier alpha value is -0.800. The SMILES string of the molecule is CC(Oc1cncc(Cl)c1)[C@@H](C)N. The number of pyridine rings is 1. The monoisotopic (exact) mass is 200 g/mol. The first-order chi connectivity index (χ1) is 6.09. The van der Waals surface area contributed by atoms with Gasteiger partial charge in [0.25, 0.3) is 0 Å². The van der Waals surface area contributed by atoms with E-state index in [1.807, 2.05) is 13.8 Å². The first-order valence-corrected chi connectivity index (χ1v) is 4.50. The molecule has 2 atom stereocenters. The number of rotatable bonds is 3. The fourth-order valence-corrected chi connectivity index (χ4v) is 0.943. The summed E-state index contributed by atoms with van der Waals surface area (Å²) in [6, 6.07) is 1.70. The summed E-state index contributed by atoms with van der Waals surface area (Å²) in [6.07, 6.45) is 3.13. The Bertz CT molecular complexity index is 278. The summed E-state index contributed by atoms with van der Waals surface area (Å²) in [5, 5.41) is 0.564. The second kappa shape index (κ2) is 4.44. The van der Waals surface area contributed by atoms with Gasteiger partial charge < -0.3 is 10.5 Å². The number of nitrogens with two attached hydrogens (primary N) is 1. The second-order valence-corrected chi connectivity index (χ2v) is 3.46. The molecule has 0 bridgehead atoms. The zero-order valence-electron chi connectivity index (χ0n) is 7.70. The largest absolute Gasteiger partial charge is 0.487 e. The van der Waals surface area contributed by atoms with Crippen molar-refractivity contribution in [3.8, 4) is 5.75 Å². The van der Waals surface area contributed by atoms with Crippen molar-refractivity contribution in [1.29, 1.82) is 0 Å². The third-order valence-electron chi connectivity index (χ3n) is 1.74. The van der Waals surface area contributed by atoms with E-state index in [1.54, 1.807) is 18.5 Å². The van der Waals surface area contributed by atoms with Crippen molar-refractivity contribution in [3.63, 3.8) is 0 Å². The van der Waals surface area contributed by atoms with Crippen molar-refractivity contribution in [3.05, 3.63) is 23.5 Å². The highest BCUT2D eigenvalue weighted by Gasteiger charge is 2.08. The molecule has 1 aromatic rings. The van der Waals surface area contributed by atoms with Gasteiger partial charge in [-0.25, -0.2) is 0 Å². The van der Waals surface area contributed by atoms with Crippen LogP contribution in [0.2, 0.25) is 5.02 Å². The van der Waals surface area contributed by atoms with Crippen LogP contribution < -0.4 is 10.5 Å². The van der Waals surface area contributed by atoms with E-state index in [0.29, 0.717) is 10.8 Å². The van der Waals surface area contributed by atoms with Crippen LogP contribution in [0.15, 0.2) is 18.5 Å². The Kier molecular flexibility index (Phi) is 3.51. The third kappa shape index (κ3) is 3.20. The predicted molar refractivity (Wildman–Crippen MR) is 53.0 cm³/mol. The molecule has 0 spiro atoms. The van der Waals surface area contributed by atoms with Crippen molar-refractivity contribution >= 4 is 11.6 Å². The fraction of sp³-hybridized carbons (Fsp3) is 0.444. The lowest BCUT2D eigenvalue weighted by molar-refractivity contribution is 0.196. The van der Waals surface area contributed by atoms with Crippen molar-refractivity contribution in [2.24, 2.45) is 5.73 Å². The number of nitrogens with zero attached hydrogens (tertiary/aromatic N) is 1. The lowest BCUT2D eigenvalue weighted by Gasteiger charge is -2.17. The second-order valence-electron chi connectivity index (χ2n) is 3.02. The minimum absolute atomic E-state index is 0.0148. The third-order valence-corrected chi connectivity index (χ3v) is 1.95. The highest BCUT2D eigenvalue weighted by molar-refractivity contribution is 6.30. The van der Waals surface area contributed by atoms with Crippen molar-refractivity contribution in [2.75, 3.05) is 0 Å². The molecule has 3 nitrogen and oxygen atoms in total. The molecule has 0 aliphatic heterocycles. The molecule has 1 heterocycles. The molecule has 0 fully saturated rings. The van der Waals surface area contributed by atoms with Crippen LogP contribution in [0, 0.1) is 0 Å². The lowest BCUT2D eigenvalue weighted by Crippen LogP contribution is -2.33. The molecule has 0 saturated heterocycles. The van der Waals surface area contributed by atoms with Crippen LogP contribution in [-0.2, 0) is 0 Å². The van der Waals surface area contributed by atoms with Gasteiger partial charge in [0.1, 0.15) is 11.9 Å². The van der Waals surface area contributed by atoms with Gasteiger partial charge in [-0.1, -0.05) is 11.6 Å². The van der Waals surface area contributed by atoms with Gasteiger partial charge >= 0.3 is 0 Å². The Morgan fingerprint density at radius 1 is 1.46 bits per heavy atom. The normalized spacial score (nSPS) is 15.1. The van der Waals surface area contributed by atoms with Crippen molar-refractivity contribution < 1.29 is 4.74 Å². The van der Waals surface area contributed by atoms with Crippen LogP contribution in [0.1, 0.15) is 13.8 Å². The summed E-state index contributed by atoms with van der Waals surface area (Å²) in [6.45, 7) is 3.80. The molecule has 1 aromatic heterocycles. The van der Waals surface area contributed by atoms with Gasteiger partial charge in [0.15, 0.2) is 0 Å². The molecule has 1 rings (SSSR count). The number of hydrogen-bond donors (Lipinski definition) is 1. The predicted octanol–water partition coefficient (Wildman–Crippen LogP) is 1.85. The van der Waals surface area contributed by atoms with E-state index in [9.17, 15) is 0 Å². The van der Waals surface area contributed by atoms with Gasteiger partial charge in [0, 0.05) is 18.3 Å². The van der Waals surface area contributed by atoms with Crippen LogP contribution >= 0.6 is 11.6 Å². The highest BCUT2D eigenvalue weighted by Crippen LogP contribution is 2.16. The first kappa shape index (κ1) is 10.3. The molecule has 4 heteroatoms. The maximum atomic E-state index is 5.73. The van der Waals surface area contributed by atoms with Gasteiger partial charge in [0.2, 0.25) is 0 Å². The summed E-state index contributed by atoms with van der Waals surface area (Å²) in [5.41, 5.74) is 5.64. The molecular weight excluding hydrogens is 188 g/mol. The highest BCUT2D eigenvalue weighted by atomic mass is 35.5. The topological polar surface area (TPSA) is 48.1 Å².